The van der Waals surface area contributed by atoms with Gasteiger partial charge in [0, 0.05) is 24.2 Å². The second-order valence-electron chi connectivity index (χ2n) is 5.36. The average Bonchev–Trinajstić information content (AvgIpc) is 3.12. The first kappa shape index (κ1) is 14.2. The number of nitrogens with one attached hydrogen (secondary N) is 1. The molecule has 0 spiro atoms. The Kier molecular flexibility index (Phi) is 4.60. The molecule has 0 bridgehead atoms. The molecule has 0 radical (unpaired) electrons. The largest absolute Gasteiger partial charge is 0.361 e. The summed E-state index contributed by atoms with van der Waals surface area (Å²) in [6.07, 6.45) is 4.82. The van der Waals surface area contributed by atoms with E-state index in [2.05, 4.69) is 47.7 Å². The molecule has 1 aliphatic rings. The van der Waals surface area contributed by atoms with Gasteiger partial charge in [-0.1, -0.05) is 42.1 Å². The van der Waals surface area contributed by atoms with E-state index in [-0.39, 0.29) is 0 Å². The van der Waals surface area contributed by atoms with Crippen molar-refractivity contribution in [2.75, 3.05) is 5.75 Å². The van der Waals surface area contributed by atoms with Crippen molar-refractivity contribution in [2.24, 2.45) is 4.99 Å². The summed E-state index contributed by atoms with van der Waals surface area (Å²) >= 11 is 1.82. The molecule has 3 rings (SSSR count). The van der Waals surface area contributed by atoms with E-state index >= 15 is 0 Å². The molecule has 4 nitrogen and oxygen atoms in total. The van der Waals surface area contributed by atoms with Crippen molar-refractivity contribution >= 4 is 16.9 Å². The fraction of sp³-hybridized carbons (Fsp3) is 0.375. The Morgan fingerprint density at radius 3 is 2.95 bits per heavy atom. The van der Waals surface area contributed by atoms with Crippen LogP contribution in [0.15, 0.2) is 53.8 Å². The molecule has 0 saturated carbocycles. The van der Waals surface area contributed by atoms with E-state index in [4.69, 9.17) is 4.99 Å². The van der Waals surface area contributed by atoms with Crippen LogP contribution in [0.25, 0.3) is 0 Å². The van der Waals surface area contributed by atoms with Gasteiger partial charge in [0.25, 0.3) is 0 Å². The van der Waals surface area contributed by atoms with Crippen molar-refractivity contribution in [3.8, 4) is 0 Å². The zero-order chi connectivity index (χ0) is 14.5. The zero-order valence-corrected chi connectivity index (χ0v) is 13.0. The molecule has 21 heavy (non-hydrogen) atoms. The average molecular weight is 300 g/mol. The lowest BCUT2D eigenvalue weighted by Crippen LogP contribution is -2.33. The number of benzene rings is 1. The minimum Gasteiger partial charge on any atom is -0.361 e. The smallest absolute Gasteiger partial charge is 0.157 e. The predicted molar refractivity (Wildman–Crippen MR) is 88.7 cm³/mol. The van der Waals surface area contributed by atoms with E-state index in [1.807, 2.05) is 34.9 Å². The second-order valence-corrected chi connectivity index (χ2v) is 6.37. The molecular weight excluding hydrogens is 280 g/mol. The Labute approximate surface area is 129 Å². The van der Waals surface area contributed by atoms with E-state index < -0.39 is 0 Å². The maximum absolute atomic E-state index is 4.79. The molecular formula is C16H20N4S. The van der Waals surface area contributed by atoms with E-state index in [1.165, 1.54) is 5.56 Å². The third kappa shape index (κ3) is 4.11. The van der Waals surface area contributed by atoms with Gasteiger partial charge in [-0.15, -0.1) is 0 Å². The molecule has 2 heterocycles. The summed E-state index contributed by atoms with van der Waals surface area (Å²) in [4.78, 5) is 4.79. The van der Waals surface area contributed by atoms with Gasteiger partial charge in [0.15, 0.2) is 5.17 Å². The Bertz CT molecular complexity index is 580. The first-order valence-electron chi connectivity index (χ1n) is 7.28. The fourth-order valence-corrected chi connectivity index (χ4v) is 3.48. The molecule has 5 heteroatoms. The van der Waals surface area contributed by atoms with Crippen LogP contribution in [-0.4, -0.2) is 32.8 Å². The van der Waals surface area contributed by atoms with Gasteiger partial charge in [0.05, 0.1) is 12.6 Å². The Morgan fingerprint density at radius 2 is 2.19 bits per heavy atom. The molecule has 2 unspecified atom stereocenters. The standard InChI is InChI=1S/C16H20N4S/c1-13(11-20-9-5-8-17-20)18-16-19-15(12-21-16)10-14-6-3-2-4-7-14/h2-9,13,15H,10-12H2,1H3,(H,18,19). The maximum Gasteiger partial charge on any atom is 0.157 e. The first-order chi connectivity index (χ1) is 10.3. The molecule has 2 aromatic rings. The van der Waals surface area contributed by atoms with E-state index in [0.29, 0.717) is 12.1 Å². The van der Waals surface area contributed by atoms with Crippen molar-refractivity contribution in [3.63, 3.8) is 0 Å². The van der Waals surface area contributed by atoms with E-state index in [1.54, 1.807) is 0 Å². The Hall–Kier alpha value is -1.75. The number of aliphatic imine (C=N–C) groups is 1. The first-order valence-corrected chi connectivity index (χ1v) is 8.26. The summed E-state index contributed by atoms with van der Waals surface area (Å²) in [5, 5.41) is 8.78. The molecule has 1 aromatic carbocycles. The molecule has 0 fully saturated rings. The highest BCUT2D eigenvalue weighted by atomic mass is 32.2. The van der Waals surface area contributed by atoms with Crippen LogP contribution in [0.3, 0.4) is 0 Å². The number of thioether (sulfide) groups is 1. The van der Waals surface area contributed by atoms with Gasteiger partial charge in [-0.2, -0.15) is 5.10 Å². The molecule has 0 saturated heterocycles. The van der Waals surface area contributed by atoms with Crippen LogP contribution in [0.5, 0.6) is 0 Å². The highest BCUT2D eigenvalue weighted by Crippen LogP contribution is 2.20. The molecule has 1 N–H and O–H groups in total. The highest BCUT2D eigenvalue weighted by molar-refractivity contribution is 8.14. The van der Waals surface area contributed by atoms with Gasteiger partial charge in [-0.3, -0.25) is 9.67 Å². The summed E-state index contributed by atoms with van der Waals surface area (Å²) in [7, 11) is 0. The van der Waals surface area contributed by atoms with Gasteiger partial charge >= 0.3 is 0 Å². The normalized spacial score (nSPS) is 19.3. The van der Waals surface area contributed by atoms with Crippen LogP contribution in [0, 0.1) is 0 Å². The van der Waals surface area contributed by atoms with Gasteiger partial charge in [0.1, 0.15) is 0 Å². The number of rotatable bonds is 5. The minimum atomic E-state index is 0.326. The monoisotopic (exact) mass is 300 g/mol. The lowest BCUT2D eigenvalue weighted by Gasteiger charge is -2.14. The van der Waals surface area contributed by atoms with Crippen LogP contribution in [0.4, 0.5) is 0 Å². The number of hydrogen-bond acceptors (Lipinski definition) is 4. The van der Waals surface area contributed by atoms with Crippen LogP contribution >= 0.6 is 11.8 Å². The van der Waals surface area contributed by atoms with Gasteiger partial charge < -0.3 is 5.32 Å². The van der Waals surface area contributed by atoms with Gasteiger partial charge in [0.2, 0.25) is 0 Å². The van der Waals surface area contributed by atoms with Crippen LogP contribution in [0.2, 0.25) is 0 Å². The summed E-state index contributed by atoms with van der Waals surface area (Å²) < 4.78 is 1.94. The zero-order valence-electron chi connectivity index (χ0n) is 12.1. The summed E-state index contributed by atoms with van der Waals surface area (Å²) in [5.41, 5.74) is 1.36. The second kappa shape index (κ2) is 6.80. The van der Waals surface area contributed by atoms with Crippen molar-refractivity contribution in [3.05, 3.63) is 54.4 Å². The Balaban J connectivity index is 1.51. The molecule has 0 amide bonds. The molecule has 0 aliphatic carbocycles. The van der Waals surface area contributed by atoms with Crippen molar-refractivity contribution in [1.82, 2.24) is 15.1 Å². The third-order valence-electron chi connectivity index (χ3n) is 3.42. The minimum absolute atomic E-state index is 0.326. The number of hydrogen-bond donors (Lipinski definition) is 1. The third-order valence-corrected chi connectivity index (χ3v) is 4.46. The lowest BCUT2D eigenvalue weighted by atomic mass is 10.1. The quantitative estimate of drug-likeness (QED) is 0.923. The maximum atomic E-state index is 4.79. The SMILES string of the molecule is CC(Cn1cccn1)NC1=NC(Cc2ccccc2)CS1. The predicted octanol–water partition coefficient (Wildman–Crippen LogP) is 2.58. The molecule has 1 aliphatic heterocycles. The molecule has 2 atom stereocenters. The summed E-state index contributed by atoms with van der Waals surface area (Å²) in [6, 6.07) is 13.2. The van der Waals surface area contributed by atoms with Crippen LogP contribution in [0.1, 0.15) is 12.5 Å². The molecule has 110 valence electrons. The van der Waals surface area contributed by atoms with Crippen LogP contribution in [-0.2, 0) is 13.0 Å². The van der Waals surface area contributed by atoms with Crippen LogP contribution < -0.4 is 5.32 Å². The number of amidine groups is 1. The number of nitrogens with zero attached hydrogens (tertiary/aromatic N) is 3. The number of aromatic nitrogens is 2. The summed E-state index contributed by atoms with van der Waals surface area (Å²) in [6.45, 7) is 3.02. The highest BCUT2D eigenvalue weighted by Gasteiger charge is 2.19. The molecule has 1 aromatic heterocycles. The van der Waals surface area contributed by atoms with E-state index in [0.717, 1.165) is 23.9 Å². The van der Waals surface area contributed by atoms with Gasteiger partial charge in [-0.05, 0) is 25.0 Å². The van der Waals surface area contributed by atoms with E-state index in [9.17, 15) is 0 Å². The Morgan fingerprint density at radius 1 is 1.33 bits per heavy atom. The summed E-state index contributed by atoms with van der Waals surface area (Å²) in [5.74, 6) is 1.06. The van der Waals surface area contributed by atoms with Crippen molar-refractivity contribution < 1.29 is 0 Å². The van der Waals surface area contributed by atoms with Gasteiger partial charge in [-0.25, -0.2) is 0 Å². The van der Waals surface area contributed by atoms with Crippen molar-refractivity contribution in [2.45, 2.75) is 32.0 Å². The fourth-order valence-electron chi connectivity index (χ4n) is 2.43. The topological polar surface area (TPSA) is 42.2 Å². The lowest BCUT2D eigenvalue weighted by molar-refractivity contribution is 0.507. The van der Waals surface area contributed by atoms with Crippen molar-refractivity contribution in [1.29, 1.82) is 0 Å².